The molecular weight excluding hydrogens is 309 g/mol. The van der Waals surface area contributed by atoms with Gasteiger partial charge in [0.15, 0.2) is 0 Å². The highest BCUT2D eigenvalue weighted by Gasteiger charge is 2.44. The maximum Gasteiger partial charge on any atom is 0.242 e. The van der Waals surface area contributed by atoms with Crippen LogP contribution in [-0.4, -0.2) is 59.9 Å². The highest BCUT2D eigenvalue weighted by molar-refractivity contribution is 5.86. The molecule has 2 amide bonds. The SMILES string of the molecule is CC1(C)C(c2cccc(F)c2)CCN1C(=O)CN1CCNCC1=O. The third kappa shape index (κ3) is 3.15. The quantitative estimate of drug-likeness (QED) is 0.908. The Morgan fingerprint density at radius 3 is 2.88 bits per heavy atom. The van der Waals surface area contributed by atoms with Crippen LogP contribution in [0.4, 0.5) is 4.39 Å². The lowest BCUT2D eigenvalue weighted by Crippen LogP contribution is -2.54. The third-order valence-electron chi connectivity index (χ3n) is 5.26. The topological polar surface area (TPSA) is 52.7 Å². The molecule has 2 saturated heterocycles. The molecule has 5 nitrogen and oxygen atoms in total. The van der Waals surface area contributed by atoms with Crippen molar-refractivity contribution in [2.24, 2.45) is 0 Å². The Bertz CT molecular complexity index is 647. The predicted octanol–water partition coefficient (Wildman–Crippen LogP) is 1.35. The number of carbonyl (C=O) groups excluding carboxylic acids is 2. The van der Waals surface area contributed by atoms with E-state index in [9.17, 15) is 14.0 Å². The van der Waals surface area contributed by atoms with Gasteiger partial charge >= 0.3 is 0 Å². The van der Waals surface area contributed by atoms with E-state index >= 15 is 0 Å². The number of hydrogen-bond acceptors (Lipinski definition) is 3. The monoisotopic (exact) mass is 333 g/mol. The highest BCUT2D eigenvalue weighted by Crippen LogP contribution is 2.41. The molecule has 2 heterocycles. The van der Waals surface area contributed by atoms with E-state index in [1.54, 1.807) is 17.0 Å². The van der Waals surface area contributed by atoms with Gasteiger partial charge < -0.3 is 15.1 Å². The molecule has 0 saturated carbocycles. The number of amides is 2. The van der Waals surface area contributed by atoms with Gasteiger partial charge in [-0.15, -0.1) is 0 Å². The van der Waals surface area contributed by atoms with E-state index in [-0.39, 0.29) is 30.1 Å². The zero-order valence-electron chi connectivity index (χ0n) is 14.2. The van der Waals surface area contributed by atoms with E-state index in [0.717, 1.165) is 12.0 Å². The second-order valence-electron chi connectivity index (χ2n) is 7.09. The van der Waals surface area contributed by atoms with Crippen molar-refractivity contribution in [2.75, 3.05) is 32.7 Å². The van der Waals surface area contributed by atoms with Gasteiger partial charge in [-0.1, -0.05) is 12.1 Å². The van der Waals surface area contributed by atoms with Crippen LogP contribution >= 0.6 is 0 Å². The van der Waals surface area contributed by atoms with Crippen LogP contribution in [0.3, 0.4) is 0 Å². The van der Waals surface area contributed by atoms with E-state index in [0.29, 0.717) is 26.2 Å². The Hall–Kier alpha value is -1.95. The summed E-state index contributed by atoms with van der Waals surface area (Å²) in [6, 6.07) is 6.62. The van der Waals surface area contributed by atoms with Crippen LogP contribution in [0.25, 0.3) is 0 Å². The number of piperazine rings is 1. The fraction of sp³-hybridized carbons (Fsp3) is 0.556. The lowest BCUT2D eigenvalue weighted by atomic mass is 9.82. The first-order valence-corrected chi connectivity index (χ1v) is 8.44. The maximum atomic E-state index is 13.5. The van der Waals surface area contributed by atoms with Crippen molar-refractivity contribution in [3.8, 4) is 0 Å². The molecule has 24 heavy (non-hydrogen) atoms. The van der Waals surface area contributed by atoms with Crippen LogP contribution in [0.2, 0.25) is 0 Å². The summed E-state index contributed by atoms with van der Waals surface area (Å²) in [5.74, 6) is -0.224. The Morgan fingerprint density at radius 2 is 2.17 bits per heavy atom. The molecule has 1 aromatic rings. The molecule has 0 spiro atoms. The number of benzene rings is 1. The summed E-state index contributed by atoms with van der Waals surface area (Å²) < 4.78 is 13.5. The Kier molecular flexibility index (Phi) is 4.58. The van der Waals surface area contributed by atoms with Crippen molar-refractivity contribution < 1.29 is 14.0 Å². The van der Waals surface area contributed by atoms with Crippen LogP contribution in [-0.2, 0) is 9.59 Å². The van der Waals surface area contributed by atoms with Crippen molar-refractivity contribution in [3.63, 3.8) is 0 Å². The fourth-order valence-corrected chi connectivity index (χ4v) is 3.89. The standard InChI is InChI=1S/C18H24FN3O2/c1-18(2)15(13-4-3-5-14(19)10-13)6-8-22(18)17(24)12-21-9-7-20-11-16(21)23/h3-5,10,15,20H,6-9,11-12H2,1-2H3. The van der Waals surface area contributed by atoms with Crippen molar-refractivity contribution in [3.05, 3.63) is 35.6 Å². The van der Waals surface area contributed by atoms with E-state index in [2.05, 4.69) is 5.32 Å². The average molecular weight is 333 g/mol. The highest BCUT2D eigenvalue weighted by atomic mass is 19.1. The Balaban J connectivity index is 1.73. The zero-order valence-corrected chi connectivity index (χ0v) is 14.2. The second kappa shape index (κ2) is 6.51. The number of likely N-dealkylation sites (tertiary alicyclic amines) is 1. The molecule has 1 aromatic carbocycles. The summed E-state index contributed by atoms with van der Waals surface area (Å²) in [5, 5.41) is 3.01. The first-order chi connectivity index (χ1) is 11.4. The largest absolute Gasteiger partial charge is 0.335 e. The third-order valence-corrected chi connectivity index (χ3v) is 5.26. The number of nitrogens with zero attached hydrogens (tertiary/aromatic N) is 2. The van der Waals surface area contributed by atoms with E-state index in [4.69, 9.17) is 0 Å². The molecule has 1 N–H and O–H groups in total. The van der Waals surface area contributed by atoms with Gasteiger partial charge in [-0.25, -0.2) is 4.39 Å². The van der Waals surface area contributed by atoms with Crippen LogP contribution in [0.5, 0.6) is 0 Å². The minimum absolute atomic E-state index is 0.0332. The number of nitrogens with one attached hydrogen (secondary N) is 1. The molecule has 0 aliphatic carbocycles. The first kappa shape index (κ1) is 16.9. The summed E-state index contributed by atoms with van der Waals surface area (Å²) in [5.41, 5.74) is 0.524. The van der Waals surface area contributed by atoms with Gasteiger partial charge in [-0.3, -0.25) is 9.59 Å². The van der Waals surface area contributed by atoms with Gasteiger partial charge in [0.2, 0.25) is 11.8 Å². The molecule has 1 atom stereocenters. The average Bonchev–Trinajstić information content (AvgIpc) is 2.84. The number of halogens is 1. The van der Waals surface area contributed by atoms with Gasteiger partial charge in [0.1, 0.15) is 5.82 Å². The van der Waals surface area contributed by atoms with E-state index in [1.807, 2.05) is 24.8 Å². The maximum absolute atomic E-state index is 13.5. The summed E-state index contributed by atoms with van der Waals surface area (Å²) >= 11 is 0. The van der Waals surface area contributed by atoms with Crippen LogP contribution < -0.4 is 5.32 Å². The molecule has 2 aliphatic rings. The van der Waals surface area contributed by atoms with Crippen molar-refractivity contribution in [2.45, 2.75) is 31.7 Å². The van der Waals surface area contributed by atoms with E-state index < -0.39 is 5.54 Å². The minimum atomic E-state index is -0.401. The molecule has 6 heteroatoms. The molecule has 3 rings (SSSR count). The summed E-state index contributed by atoms with van der Waals surface area (Å²) in [7, 11) is 0. The molecule has 0 radical (unpaired) electrons. The van der Waals surface area contributed by atoms with Crippen molar-refractivity contribution >= 4 is 11.8 Å². The predicted molar refractivity (Wildman–Crippen MR) is 89.0 cm³/mol. The van der Waals surface area contributed by atoms with Crippen LogP contribution in [0, 0.1) is 5.82 Å². The lowest BCUT2D eigenvalue weighted by molar-refractivity contribution is -0.143. The van der Waals surface area contributed by atoms with Gasteiger partial charge in [-0.05, 0) is 38.0 Å². The molecule has 1 unspecified atom stereocenters. The number of carbonyl (C=O) groups is 2. The zero-order chi connectivity index (χ0) is 17.3. The smallest absolute Gasteiger partial charge is 0.242 e. The summed E-state index contributed by atoms with van der Waals surface area (Å²) in [4.78, 5) is 28.1. The van der Waals surface area contributed by atoms with Crippen molar-refractivity contribution in [1.82, 2.24) is 15.1 Å². The first-order valence-electron chi connectivity index (χ1n) is 8.44. The second-order valence-corrected chi connectivity index (χ2v) is 7.09. The van der Waals surface area contributed by atoms with Crippen molar-refractivity contribution in [1.29, 1.82) is 0 Å². The molecule has 2 aliphatic heterocycles. The van der Waals surface area contributed by atoms with Crippen LogP contribution in [0.1, 0.15) is 31.7 Å². The molecule has 0 bridgehead atoms. The van der Waals surface area contributed by atoms with Gasteiger partial charge in [0.05, 0.1) is 13.1 Å². The van der Waals surface area contributed by atoms with Gasteiger partial charge in [-0.2, -0.15) is 0 Å². The Morgan fingerprint density at radius 1 is 1.38 bits per heavy atom. The van der Waals surface area contributed by atoms with E-state index in [1.165, 1.54) is 6.07 Å². The molecule has 2 fully saturated rings. The molecule has 130 valence electrons. The van der Waals surface area contributed by atoms with Gasteiger partial charge in [0, 0.05) is 31.1 Å². The summed E-state index contributed by atoms with van der Waals surface area (Å²) in [6.07, 6.45) is 0.803. The minimum Gasteiger partial charge on any atom is -0.335 e. The lowest BCUT2D eigenvalue weighted by Gasteiger charge is -2.38. The fourth-order valence-electron chi connectivity index (χ4n) is 3.89. The summed E-state index contributed by atoms with van der Waals surface area (Å²) in [6.45, 7) is 6.37. The number of rotatable bonds is 3. The molecular formula is C18H24FN3O2. The normalized spacial score (nSPS) is 23.6. The van der Waals surface area contributed by atoms with Crippen LogP contribution in [0.15, 0.2) is 24.3 Å². The molecule has 0 aromatic heterocycles. The van der Waals surface area contributed by atoms with Gasteiger partial charge in [0.25, 0.3) is 0 Å². The number of hydrogen-bond donors (Lipinski definition) is 1. The Labute approximate surface area is 141 Å².